The summed E-state index contributed by atoms with van der Waals surface area (Å²) in [5, 5.41) is 12.5. The van der Waals surface area contributed by atoms with E-state index in [1.54, 1.807) is 39.2 Å². The predicted molar refractivity (Wildman–Crippen MR) is 127 cm³/mol. The van der Waals surface area contributed by atoms with E-state index in [1.165, 1.54) is 13.2 Å². The van der Waals surface area contributed by atoms with Crippen molar-refractivity contribution >= 4 is 23.4 Å². The highest BCUT2D eigenvalue weighted by molar-refractivity contribution is 6.05. The molecule has 0 aliphatic carbocycles. The van der Waals surface area contributed by atoms with Gasteiger partial charge in [-0.15, -0.1) is 0 Å². The van der Waals surface area contributed by atoms with Crippen molar-refractivity contribution in [1.82, 2.24) is 5.32 Å². The molecule has 0 bridgehead atoms. The quantitative estimate of drug-likeness (QED) is 0.185. The molecule has 1 rings (SSSR count). The van der Waals surface area contributed by atoms with E-state index < -0.39 is 11.9 Å². The molecule has 0 aliphatic rings. The Morgan fingerprint density at radius 3 is 2.47 bits per heavy atom. The molecule has 0 saturated heterocycles. The lowest BCUT2D eigenvalue weighted by atomic mass is 10.1. The number of benzene rings is 1. The number of ether oxygens (including phenoxy) is 2. The van der Waals surface area contributed by atoms with E-state index in [2.05, 4.69) is 32.1 Å². The van der Waals surface area contributed by atoms with Crippen LogP contribution in [0.2, 0.25) is 0 Å². The van der Waals surface area contributed by atoms with Crippen LogP contribution in [0, 0.1) is 11.3 Å². The fourth-order valence-electron chi connectivity index (χ4n) is 2.57. The second kappa shape index (κ2) is 13.6. The highest BCUT2D eigenvalue weighted by Crippen LogP contribution is 2.29. The zero-order valence-electron chi connectivity index (χ0n) is 19.6. The Bertz CT molecular complexity index is 1090. The van der Waals surface area contributed by atoms with Gasteiger partial charge in [0.15, 0.2) is 0 Å². The monoisotopic (exact) mass is 476 g/mol. The van der Waals surface area contributed by atoms with Gasteiger partial charge >= 0.3 is 6.18 Å². The second-order valence-corrected chi connectivity index (χ2v) is 6.57. The first kappa shape index (κ1) is 28.2. The van der Waals surface area contributed by atoms with Gasteiger partial charge in [-0.2, -0.15) is 18.4 Å². The number of hydrogen-bond donors (Lipinski definition) is 2. The summed E-state index contributed by atoms with van der Waals surface area (Å²) in [6, 6.07) is 5.28. The molecule has 0 amide bonds. The number of aliphatic imine (C=N–C) groups is 3. The molecule has 34 heavy (non-hydrogen) atoms. The lowest BCUT2D eigenvalue weighted by molar-refractivity contribution is -0.0577. The number of hydrogen-bond acceptors (Lipinski definition) is 7. The summed E-state index contributed by atoms with van der Waals surface area (Å²) in [5.74, 6) is 0.698. The van der Waals surface area contributed by atoms with Crippen LogP contribution in [0.5, 0.6) is 5.75 Å². The summed E-state index contributed by atoms with van der Waals surface area (Å²) in [4.78, 5) is 11.7. The van der Waals surface area contributed by atoms with Crippen molar-refractivity contribution in [3.8, 4) is 11.8 Å². The number of alkyl halides is 3. The van der Waals surface area contributed by atoms with E-state index in [-0.39, 0.29) is 12.3 Å². The molecule has 11 heteroatoms. The Labute approximate surface area is 196 Å². The summed E-state index contributed by atoms with van der Waals surface area (Å²) in [6.45, 7) is 3.94. The first-order valence-electron chi connectivity index (χ1n) is 9.98. The normalized spacial score (nSPS) is 12.9. The van der Waals surface area contributed by atoms with Crippen LogP contribution in [-0.4, -0.2) is 58.4 Å². The maximum absolute atomic E-state index is 12.8. The van der Waals surface area contributed by atoms with Crippen molar-refractivity contribution in [1.29, 1.82) is 5.26 Å². The Morgan fingerprint density at radius 1 is 1.24 bits per heavy atom. The van der Waals surface area contributed by atoms with E-state index in [0.29, 0.717) is 46.8 Å². The summed E-state index contributed by atoms with van der Waals surface area (Å²) in [7, 11) is 4.11. The minimum atomic E-state index is -4.61. The first-order valence-corrected chi connectivity index (χ1v) is 9.98. The Kier molecular flexibility index (Phi) is 11.3. The number of methoxy groups -OCH3 is 1. The Hall–Kier alpha value is -3.87. The van der Waals surface area contributed by atoms with E-state index in [0.717, 1.165) is 7.05 Å². The minimum absolute atomic E-state index is 0.183. The van der Waals surface area contributed by atoms with Crippen LogP contribution in [0.4, 0.5) is 18.9 Å². The van der Waals surface area contributed by atoms with E-state index in [4.69, 9.17) is 15.2 Å². The number of amidine groups is 1. The molecular weight excluding hydrogens is 449 g/mol. The number of nitrogens with zero attached hydrogens (tertiary/aromatic N) is 4. The molecule has 1 aromatic rings. The molecule has 8 nitrogen and oxygen atoms in total. The Morgan fingerprint density at radius 2 is 1.94 bits per heavy atom. The van der Waals surface area contributed by atoms with Crippen LogP contribution in [-0.2, 0) is 4.74 Å². The third kappa shape index (κ3) is 8.58. The maximum atomic E-state index is 12.8. The number of nitrogens with one attached hydrogen (secondary N) is 1. The largest absolute Gasteiger partial charge is 0.490 e. The molecule has 0 spiro atoms. The van der Waals surface area contributed by atoms with Crippen LogP contribution in [0.25, 0.3) is 0 Å². The molecule has 3 N–H and O–H groups in total. The molecule has 182 valence electrons. The number of allylic oxidation sites excluding steroid dienone is 2. The number of nitrogens with two attached hydrogens (primary N) is 1. The van der Waals surface area contributed by atoms with Crippen molar-refractivity contribution in [2.75, 3.05) is 34.4 Å². The zero-order valence-corrected chi connectivity index (χ0v) is 19.6. The van der Waals surface area contributed by atoms with E-state index in [1.807, 2.05) is 0 Å². The molecule has 0 unspecified atom stereocenters. The molecule has 0 aliphatic heterocycles. The molecule has 0 radical (unpaired) electrons. The topological polar surface area (TPSA) is 117 Å². The molecule has 0 atom stereocenters. The van der Waals surface area contributed by atoms with Gasteiger partial charge in [0, 0.05) is 44.8 Å². The third-order valence-corrected chi connectivity index (χ3v) is 4.11. The van der Waals surface area contributed by atoms with Crippen molar-refractivity contribution in [2.45, 2.75) is 20.0 Å². The lowest BCUT2D eigenvalue weighted by Crippen LogP contribution is -2.23. The van der Waals surface area contributed by atoms with Crippen LogP contribution in [0.1, 0.15) is 25.0 Å². The summed E-state index contributed by atoms with van der Waals surface area (Å²) >= 11 is 0. The van der Waals surface area contributed by atoms with Gasteiger partial charge in [-0.25, -0.2) is 0 Å². The van der Waals surface area contributed by atoms with Crippen LogP contribution in [0.3, 0.4) is 0 Å². The number of halogens is 3. The number of nitriles is 1. The summed E-state index contributed by atoms with van der Waals surface area (Å²) < 4.78 is 49.1. The third-order valence-electron chi connectivity index (χ3n) is 4.11. The Balaban J connectivity index is 3.35. The number of rotatable bonds is 9. The smallest absolute Gasteiger partial charge is 0.432 e. The van der Waals surface area contributed by atoms with Crippen molar-refractivity contribution in [3.05, 3.63) is 52.5 Å². The highest BCUT2D eigenvalue weighted by atomic mass is 19.4. The summed E-state index contributed by atoms with van der Waals surface area (Å²) in [6.07, 6.45) is -1.13. The highest BCUT2D eigenvalue weighted by Gasteiger charge is 2.33. The molecule has 0 saturated carbocycles. The van der Waals surface area contributed by atoms with Gasteiger partial charge in [-0.05, 0) is 32.1 Å². The predicted octanol–water partition coefficient (Wildman–Crippen LogP) is 3.81. The van der Waals surface area contributed by atoms with Gasteiger partial charge < -0.3 is 20.5 Å². The molecule has 0 fully saturated rings. The molecule has 1 aromatic carbocycles. The van der Waals surface area contributed by atoms with Crippen molar-refractivity contribution < 1.29 is 22.6 Å². The minimum Gasteiger partial charge on any atom is -0.490 e. The fourth-order valence-corrected chi connectivity index (χ4v) is 2.57. The first-order chi connectivity index (χ1) is 16.1. The van der Waals surface area contributed by atoms with Gasteiger partial charge in [0.1, 0.15) is 30.0 Å². The van der Waals surface area contributed by atoms with Crippen LogP contribution >= 0.6 is 0 Å². The molecule has 0 aromatic heterocycles. The average molecular weight is 477 g/mol. The van der Waals surface area contributed by atoms with Gasteiger partial charge in [0.05, 0.1) is 23.6 Å². The van der Waals surface area contributed by atoms with Gasteiger partial charge in [0.2, 0.25) is 0 Å². The van der Waals surface area contributed by atoms with Crippen LogP contribution in [0.15, 0.2) is 56.4 Å². The van der Waals surface area contributed by atoms with Crippen molar-refractivity contribution in [3.63, 3.8) is 0 Å². The van der Waals surface area contributed by atoms with Gasteiger partial charge in [-0.3, -0.25) is 15.0 Å². The lowest BCUT2D eigenvalue weighted by Gasteiger charge is -2.15. The van der Waals surface area contributed by atoms with E-state index in [9.17, 15) is 18.4 Å². The van der Waals surface area contributed by atoms with E-state index >= 15 is 0 Å². The summed E-state index contributed by atoms with van der Waals surface area (Å²) in [5.41, 5.74) is 8.85. The second-order valence-electron chi connectivity index (χ2n) is 6.57. The maximum Gasteiger partial charge on any atom is 0.432 e. The van der Waals surface area contributed by atoms with Gasteiger partial charge in [0.25, 0.3) is 0 Å². The van der Waals surface area contributed by atoms with Gasteiger partial charge in [-0.1, -0.05) is 5.73 Å². The standard InChI is InChI=1S/C23H27F3N6O2/c1-6-31-19-11-16(14-27)20(34-10-9-33-5)13-18(19)22(30-4)32-15(2)7-8-17(28)12-21(29-3)23(24,25)26/h6,8,11-13H,9-10,28H2,1-5H3,(H,30,32)/b17-12+,29-21?,31-6?. The van der Waals surface area contributed by atoms with Crippen molar-refractivity contribution in [2.24, 2.45) is 20.7 Å². The zero-order chi connectivity index (χ0) is 25.7. The SMILES string of the molecule is CC=Nc1cc(C#N)c(OCCOC)cc1C(=NC)NC(C)=C=C/C(N)=C\C(=NC)C(F)(F)F. The molecule has 0 heterocycles. The van der Waals surface area contributed by atoms with Crippen LogP contribution < -0.4 is 15.8 Å². The molecular formula is C23H27F3N6O2. The fraction of sp³-hybridized carbons (Fsp3) is 0.348. The average Bonchev–Trinajstić information content (AvgIpc) is 2.79.